The van der Waals surface area contributed by atoms with E-state index in [-0.39, 0.29) is 18.1 Å². The summed E-state index contributed by atoms with van der Waals surface area (Å²) in [6.45, 7) is 7.34. The second-order valence-electron chi connectivity index (χ2n) is 6.07. The molecule has 2 heterocycles. The first-order valence-electron chi connectivity index (χ1n) is 7.69. The number of morpholine rings is 1. The summed E-state index contributed by atoms with van der Waals surface area (Å²) in [6.07, 6.45) is 1.72. The number of nitrogens with one attached hydrogen (secondary N) is 1. The minimum Gasteiger partial charge on any atom is -0.370 e. The summed E-state index contributed by atoms with van der Waals surface area (Å²) in [5, 5.41) is 0. The number of aryl methyl sites for hydroxylation is 2. The first kappa shape index (κ1) is 14.9. The summed E-state index contributed by atoms with van der Waals surface area (Å²) < 4.78 is 6.01. The van der Waals surface area contributed by atoms with Gasteiger partial charge in [0.2, 0.25) is 0 Å². The standard InChI is InChI=1S/C18H22N2O2/c1-12-6-7-13(2)15(9-12)17-10-20(14(3)11-22-17)18(21)16-5-4-8-19-16/h4-9,14,17,19H,10-11H2,1-3H3/t14-,17+/m1/s1. The molecular weight excluding hydrogens is 276 g/mol. The Morgan fingerprint density at radius 2 is 2.14 bits per heavy atom. The molecule has 2 aromatic rings. The largest absolute Gasteiger partial charge is 0.370 e. The van der Waals surface area contributed by atoms with Crippen molar-refractivity contribution in [3.8, 4) is 0 Å². The van der Waals surface area contributed by atoms with Crippen molar-refractivity contribution < 1.29 is 9.53 Å². The van der Waals surface area contributed by atoms with E-state index in [9.17, 15) is 4.79 Å². The van der Waals surface area contributed by atoms with Crippen LogP contribution in [0, 0.1) is 13.8 Å². The zero-order valence-electron chi connectivity index (χ0n) is 13.3. The highest BCUT2D eigenvalue weighted by atomic mass is 16.5. The maximum Gasteiger partial charge on any atom is 0.270 e. The molecule has 0 aliphatic carbocycles. The molecule has 0 saturated carbocycles. The minimum absolute atomic E-state index is 0.0381. The van der Waals surface area contributed by atoms with Crippen LogP contribution in [0.2, 0.25) is 0 Å². The van der Waals surface area contributed by atoms with E-state index in [2.05, 4.69) is 37.0 Å². The maximum absolute atomic E-state index is 12.6. The summed E-state index contributed by atoms with van der Waals surface area (Å²) in [5.41, 5.74) is 4.23. The van der Waals surface area contributed by atoms with Crippen LogP contribution in [0.1, 0.15) is 40.2 Å². The SMILES string of the molecule is Cc1ccc(C)c([C@@H]2CN(C(=O)c3ccc[nH]3)[C@H](C)CO2)c1. The molecule has 1 fully saturated rings. The highest BCUT2D eigenvalue weighted by Gasteiger charge is 2.32. The second kappa shape index (κ2) is 5.97. The van der Waals surface area contributed by atoms with Crippen molar-refractivity contribution in [2.45, 2.75) is 32.9 Å². The van der Waals surface area contributed by atoms with Gasteiger partial charge < -0.3 is 14.6 Å². The Hall–Kier alpha value is -2.07. The van der Waals surface area contributed by atoms with E-state index < -0.39 is 0 Å². The summed E-state index contributed by atoms with van der Waals surface area (Å²) in [4.78, 5) is 17.5. The molecule has 1 saturated heterocycles. The number of amides is 1. The molecule has 4 nitrogen and oxygen atoms in total. The Morgan fingerprint density at radius 3 is 2.86 bits per heavy atom. The van der Waals surface area contributed by atoms with Gasteiger partial charge in [-0.25, -0.2) is 0 Å². The van der Waals surface area contributed by atoms with E-state index in [1.54, 1.807) is 6.20 Å². The fourth-order valence-electron chi connectivity index (χ4n) is 2.95. The predicted molar refractivity (Wildman–Crippen MR) is 85.9 cm³/mol. The molecule has 1 amide bonds. The molecule has 2 atom stereocenters. The van der Waals surface area contributed by atoms with Crippen molar-refractivity contribution in [2.75, 3.05) is 13.2 Å². The van der Waals surface area contributed by atoms with Crippen LogP contribution < -0.4 is 0 Å². The molecule has 1 N–H and O–H groups in total. The molecule has 4 heteroatoms. The van der Waals surface area contributed by atoms with Crippen molar-refractivity contribution in [2.24, 2.45) is 0 Å². The number of ether oxygens (including phenoxy) is 1. The number of rotatable bonds is 2. The monoisotopic (exact) mass is 298 g/mol. The van der Waals surface area contributed by atoms with E-state index in [0.29, 0.717) is 18.8 Å². The quantitative estimate of drug-likeness (QED) is 0.925. The zero-order valence-corrected chi connectivity index (χ0v) is 13.3. The number of carbonyl (C=O) groups is 1. The van der Waals surface area contributed by atoms with Gasteiger partial charge in [-0.1, -0.05) is 23.8 Å². The van der Waals surface area contributed by atoms with Gasteiger partial charge in [-0.2, -0.15) is 0 Å². The molecule has 0 unspecified atom stereocenters. The van der Waals surface area contributed by atoms with Gasteiger partial charge in [0.05, 0.1) is 19.2 Å². The average Bonchev–Trinajstić information content (AvgIpc) is 3.04. The number of hydrogen-bond acceptors (Lipinski definition) is 2. The third-order valence-corrected chi connectivity index (χ3v) is 4.30. The van der Waals surface area contributed by atoms with Gasteiger partial charge in [0, 0.05) is 6.20 Å². The number of nitrogens with zero attached hydrogens (tertiary/aromatic N) is 1. The summed E-state index contributed by atoms with van der Waals surface area (Å²) in [6, 6.07) is 10.1. The van der Waals surface area contributed by atoms with Gasteiger partial charge in [0.1, 0.15) is 11.8 Å². The smallest absolute Gasteiger partial charge is 0.270 e. The Labute approximate surface area is 131 Å². The molecule has 1 aromatic heterocycles. The van der Waals surface area contributed by atoms with Gasteiger partial charge >= 0.3 is 0 Å². The molecule has 0 spiro atoms. The van der Waals surface area contributed by atoms with Gasteiger partial charge in [-0.05, 0) is 44.0 Å². The molecule has 3 rings (SSSR count). The number of aromatic nitrogens is 1. The molecule has 22 heavy (non-hydrogen) atoms. The van der Waals surface area contributed by atoms with E-state index in [1.807, 2.05) is 24.0 Å². The lowest BCUT2D eigenvalue weighted by molar-refractivity contribution is -0.0490. The fourth-order valence-corrected chi connectivity index (χ4v) is 2.95. The normalized spacial score (nSPS) is 21.9. The lowest BCUT2D eigenvalue weighted by Gasteiger charge is -2.38. The van der Waals surface area contributed by atoms with Gasteiger partial charge in [-0.3, -0.25) is 4.79 Å². The molecular formula is C18H22N2O2. The number of aromatic amines is 1. The Kier molecular flexibility index (Phi) is 4.03. The van der Waals surface area contributed by atoms with E-state index in [0.717, 1.165) is 0 Å². The van der Waals surface area contributed by atoms with Crippen LogP contribution in [-0.4, -0.2) is 35.0 Å². The molecule has 116 valence electrons. The third kappa shape index (κ3) is 2.79. The van der Waals surface area contributed by atoms with E-state index >= 15 is 0 Å². The topological polar surface area (TPSA) is 45.3 Å². The Morgan fingerprint density at radius 1 is 1.32 bits per heavy atom. The van der Waals surface area contributed by atoms with Crippen LogP contribution in [-0.2, 0) is 4.74 Å². The van der Waals surface area contributed by atoms with Crippen LogP contribution in [0.15, 0.2) is 36.5 Å². The van der Waals surface area contributed by atoms with Crippen LogP contribution in [0.4, 0.5) is 0 Å². The fraction of sp³-hybridized carbons (Fsp3) is 0.389. The van der Waals surface area contributed by atoms with Gasteiger partial charge in [0.15, 0.2) is 0 Å². The zero-order chi connectivity index (χ0) is 15.7. The summed E-state index contributed by atoms with van der Waals surface area (Å²) in [5.74, 6) is 0.0381. The molecule has 0 bridgehead atoms. The Bertz CT molecular complexity index is 664. The van der Waals surface area contributed by atoms with Gasteiger partial charge in [0.25, 0.3) is 5.91 Å². The van der Waals surface area contributed by atoms with Gasteiger partial charge in [-0.15, -0.1) is 0 Å². The van der Waals surface area contributed by atoms with Crippen molar-refractivity contribution >= 4 is 5.91 Å². The van der Waals surface area contributed by atoms with E-state index in [1.165, 1.54) is 16.7 Å². The third-order valence-electron chi connectivity index (χ3n) is 4.30. The van der Waals surface area contributed by atoms with Crippen molar-refractivity contribution in [1.29, 1.82) is 0 Å². The predicted octanol–water partition coefficient (Wildman–Crippen LogP) is 3.23. The first-order chi connectivity index (χ1) is 10.6. The first-order valence-corrected chi connectivity index (χ1v) is 7.69. The minimum atomic E-state index is -0.0602. The lowest BCUT2D eigenvalue weighted by atomic mass is 9.98. The number of benzene rings is 1. The van der Waals surface area contributed by atoms with E-state index in [4.69, 9.17) is 4.74 Å². The van der Waals surface area contributed by atoms with Crippen molar-refractivity contribution in [1.82, 2.24) is 9.88 Å². The molecule has 1 aromatic carbocycles. The number of H-pyrrole nitrogens is 1. The van der Waals surface area contributed by atoms with Crippen molar-refractivity contribution in [3.63, 3.8) is 0 Å². The summed E-state index contributed by atoms with van der Waals surface area (Å²) in [7, 11) is 0. The summed E-state index contributed by atoms with van der Waals surface area (Å²) >= 11 is 0. The Balaban J connectivity index is 1.84. The number of carbonyl (C=O) groups excluding carboxylic acids is 1. The van der Waals surface area contributed by atoms with Crippen molar-refractivity contribution in [3.05, 3.63) is 58.9 Å². The highest BCUT2D eigenvalue weighted by Crippen LogP contribution is 2.28. The molecule has 0 radical (unpaired) electrons. The highest BCUT2D eigenvalue weighted by molar-refractivity contribution is 5.92. The number of hydrogen-bond donors (Lipinski definition) is 1. The van der Waals surface area contributed by atoms with Crippen LogP contribution >= 0.6 is 0 Å². The average molecular weight is 298 g/mol. The lowest BCUT2D eigenvalue weighted by Crippen LogP contribution is -2.48. The van der Waals surface area contributed by atoms with Crippen LogP contribution in [0.3, 0.4) is 0 Å². The maximum atomic E-state index is 12.6. The molecule has 1 aliphatic heterocycles. The molecule has 1 aliphatic rings. The second-order valence-corrected chi connectivity index (χ2v) is 6.07. The van der Waals surface area contributed by atoms with Crippen LogP contribution in [0.5, 0.6) is 0 Å². The van der Waals surface area contributed by atoms with Crippen LogP contribution in [0.25, 0.3) is 0 Å².